The van der Waals surface area contributed by atoms with Gasteiger partial charge in [0.05, 0.1) is 50.8 Å². The first-order chi connectivity index (χ1) is 54.5. The van der Waals surface area contributed by atoms with Crippen LogP contribution in [0.25, 0.3) is 237 Å². The van der Waals surface area contributed by atoms with Gasteiger partial charge in [0, 0.05) is 76.1 Å². The molecule has 0 aliphatic carbocycles. The molecular formula is C100H56N6O4. The molecule has 7 heterocycles. The quantitative estimate of drug-likeness (QED) is 0.126. The maximum absolute atomic E-state index is 9.89. The summed E-state index contributed by atoms with van der Waals surface area (Å²) in [5.74, 6) is 1.12. The molecule has 10 nitrogen and oxygen atoms in total. The van der Waals surface area contributed by atoms with Gasteiger partial charge in [0.15, 0.2) is 17.5 Å². The highest BCUT2D eigenvalue weighted by Gasteiger charge is 2.32. The molecule has 0 bridgehead atoms. The van der Waals surface area contributed by atoms with Crippen molar-refractivity contribution < 1.29 is 17.7 Å². The second-order valence-electron chi connectivity index (χ2n) is 28.3. The Labute approximate surface area is 627 Å². The number of rotatable bonds is 10. The van der Waals surface area contributed by atoms with Crippen LogP contribution < -0.4 is 0 Å². The van der Waals surface area contributed by atoms with Gasteiger partial charge in [-0.1, -0.05) is 224 Å². The van der Waals surface area contributed by atoms with E-state index in [-0.39, 0.29) is 0 Å². The zero-order valence-corrected chi connectivity index (χ0v) is 58.6. The third-order valence-electron chi connectivity index (χ3n) is 22.2. The van der Waals surface area contributed by atoms with Crippen LogP contribution in [0, 0.1) is 6.57 Å². The van der Waals surface area contributed by atoms with Gasteiger partial charge in [-0.15, -0.1) is 0 Å². The molecule has 0 saturated heterocycles. The van der Waals surface area contributed by atoms with E-state index in [4.69, 9.17) is 37.5 Å². The summed E-state index contributed by atoms with van der Waals surface area (Å²) < 4.78 is 32.6. The van der Waals surface area contributed by atoms with Crippen LogP contribution in [0.2, 0.25) is 0 Å². The number of furan rings is 4. The highest BCUT2D eigenvalue weighted by atomic mass is 16.3. The van der Waals surface area contributed by atoms with E-state index in [1.807, 2.05) is 72.8 Å². The molecule has 0 fully saturated rings. The Morgan fingerprint density at radius 2 is 0.582 bits per heavy atom. The van der Waals surface area contributed by atoms with Gasteiger partial charge in [0.1, 0.15) is 44.7 Å². The molecule has 16 aromatic carbocycles. The largest absolute Gasteiger partial charge is 0.456 e. The molecule has 0 spiro atoms. The minimum Gasteiger partial charge on any atom is -0.456 e. The smallest absolute Gasteiger partial charge is 0.212 e. The fourth-order valence-electron chi connectivity index (χ4n) is 17.1. The van der Waals surface area contributed by atoms with E-state index in [2.05, 4.69) is 276 Å². The van der Waals surface area contributed by atoms with Crippen molar-refractivity contribution in [3.63, 3.8) is 0 Å². The van der Waals surface area contributed by atoms with Crippen LogP contribution >= 0.6 is 0 Å². The number of fused-ring (bicyclic) bond motifs is 20. The van der Waals surface area contributed by atoms with Crippen LogP contribution in [0.5, 0.6) is 0 Å². The molecule has 0 N–H and O–H groups in total. The van der Waals surface area contributed by atoms with E-state index in [9.17, 15) is 6.57 Å². The molecule has 510 valence electrons. The van der Waals surface area contributed by atoms with Crippen molar-refractivity contribution in [3.05, 3.63) is 351 Å². The third-order valence-corrected chi connectivity index (χ3v) is 22.2. The summed E-state index contributed by atoms with van der Waals surface area (Å²) in [7, 11) is 0. The maximum Gasteiger partial charge on any atom is 0.212 e. The molecule has 10 heteroatoms. The summed E-state index contributed by atoms with van der Waals surface area (Å²) in [4.78, 5) is 21.7. The van der Waals surface area contributed by atoms with Gasteiger partial charge in [-0.25, -0.2) is 19.8 Å². The highest BCUT2D eigenvalue weighted by molar-refractivity contribution is 6.27. The van der Waals surface area contributed by atoms with E-state index in [1.54, 1.807) is 0 Å². The fraction of sp³-hybridized carbons (Fsp3) is 0. The molecular weight excluding hydrogens is 1350 g/mol. The summed E-state index contributed by atoms with van der Waals surface area (Å²) >= 11 is 0. The van der Waals surface area contributed by atoms with Crippen molar-refractivity contribution in [2.45, 2.75) is 0 Å². The van der Waals surface area contributed by atoms with E-state index in [0.717, 1.165) is 176 Å². The normalized spacial score (nSPS) is 12.0. The van der Waals surface area contributed by atoms with Gasteiger partial charge in [-0.2, -0.15) is 0 Å². The van der Waals surface area contributed by atoms with E-state index < -0.39 is 0 Å². The molecule has 23 rings (SSSR count). The zero-order chi connectivity index (χ0) is 72.2. The average Bonchev–Trinajstić information content (AvgIpc) is 1.52. The van der Waals surface area contributed by atoms with Crippen LogP contribution in [0.15, 0.2) is 357 Å². The Kier molecular flexibility index (Phi) is 13.3. The topological polar surface area (TPSA) is 105 Å². The van der Waals surface area contributed by atoms with Crippen molar-refractivity contribution >= 4 is 137 Å². The molecule has 23 aromatic rings. The van der Waals surface area contributed by atoms with Crippen molar-refractivity contribution in [2.24, 2.45) is 0 Å². The second-order valence-corrected chi connectivity index (χ2v) is 28.3. The fourth-order valence-corrected chi connectivity index (χ4v) is 17.1. The SMILES string of the molecule is [C-]#[N+]c1cc(-c2nc(-c3ccc4c(c3)oc3ccccc34)nc(-c3ccc4c(c3)oc3ccccc34)n2)c(-n2c3ccc(-c4ccccc4)cc3c3c4oc5ccc(-c6ccccc6)cc5c4ccc32)c(-c2ccccc2)c1-n1c2ccc(-c3ccccc3)cc2c2c3oc4ccc(-c5ccccc5)cc4c3ccc21. The van der Waals surface area contributed by atoms with Crippen LogP contribution in [0.4, 0.5) is 5.69 Å². The molecule has 0 radical (unpaired) electrons. The molecule has 0 atom stereocenters. The first-order valence-electron chi connectivity index (χ1n) is 36.8. The minimum absolute atomic E-state index is 0.325. The Morgan fingerprint density at radius 3 is 1.03 bits per heavy atom. The highest BCUT2D eigenvalue weighted by Crippen LogP contribution is 2.53. The van der Waals surface area contributed by atoms with Crippen molar-refractivity contribution in [3.8, 4) is 101 Å². The second kappa shape index (κ2) is 23.9. The van der Waals surface area contributed by atoms with Crippen LogP contribution in [-0.2, 0) is 0 Å². The number of aromatic nitrogens is 5. The van der Waals surface area contributed by atoms with Gasteiger partial charge in [0.25, 0.3) is 0 Å². The summed E-state index contributed by atoms with van der Waals surface area (Å²) in [6.07, 6.45) is 0. The van der Waals surface area contributed by atoms with Gasteiger partial charge in [0.2, 0.25) is 5.69 Å². The number of nitrogens with zero attached hydrogens (tertiary/aromatic N) is 6. The monoisotopic (exact) mass is 1400 g/mol. The predicted octanol–water partition coefficient (Wildman–Crippen LogP) is 27.6. The van der Waals surface area contributed by atoms with Crippen LogP contribution in [0.3, 0.4) is 0 Å². The summed E-state index contributed by atoms with van der Waals surface area (Å²) in [6, 6.07) is 118. The van der Waals surface area contributed by atoms with E-state index in [1.165, 1.54) is 0 Å². The number of benzene rings is 16. The summed E-state index contributed by atoms with van der Waals surface area (Å²) in [5, 5.41) is 11.7. The van der Waals surface area contributed by atoms with E-state index in [0.29, 0.717) is 62.4 Å². The van der Waals surface area contributed by atoms with Crippen LogP contribution in [0.1, 0.15) is 0 Å². The van der Waals surface area contributed by atoms with E-state index >= 15 is 0 Å². The van der Waals surface area contributed by atoms with Gasteiger partial charge < -0.3 is 26.8 Å². The Balaban J connectivity index is 0.881. The maximum atomic E-state index is 9.89. The molecule has 0 amide bonds. The standard InChI is InChI=1S/C100H56N6O4/c1-101-80-57-79(100-103-98(67-35-41-71-69-31-17-19-33-85(69)107-89(71)55-67)102-99(104-100)68-36-42-72-70-32-18-20-34-86(70)108-90(72)56-68)94(105-81-45-37-63(58-21-7-2-8-22-58)53-77(81)92-83(105)47-43-73-75-51-65(60-25-11-4-12-26-60)39-49-87(75)109-96(73)92)91(62-29-15-6-16-30-62)95(80)106-82-46-38-64(59-23-9-3-10-24-59)54-78(82)93-84(106)48-44-74-76-52-66(61-27-13-5-14-28-61)40-50-88(76)110-97(74)93/h2-57H. The first kappa shape index (κ1) is 61.2. The molecule has 7 aromatic heterocycles. The average molecular weight is 1410 g/mol. The lowest BCUT2D eigenvalue weighted by atomic mass is 9.94. The molecule has 0 unspecified atom stereocenters. The van der Waals surface area contributed by atoms with Crippen molar-refractivity contribution in [1.82, 2.24) is 24.1 Å². The van der Waals surface area contributed by atoms with Gasteiger partial charge in [-0.3, -0.25) is 0 Å². The predicted molar refractivity (Wildman–Crippen MR) is 447 cm³/mol. The van der Waals surface area contributed by atoms with Gasteiger partial charge >= 0.3 is 0 Å². The lowest BCUT2D eigenvalue weighted by Crippen LogP contribution is -2.08. The number of hydrogen-bond donors (Lipinski definition) is 0. The molecule has 110 heavy (non-hydrogen) atoms. The molecule has 0 saturated carbocycles. The summed E-state index contributed by atoms with van der Waals surface area (Å²) in [6.45, 7) is 9.89. The molecule has 0 aliphatic rings. The Morgan fingerprint density at radius 1 is 0.236 bits per heavy atom. The Hall–Kier alpha value is -15.2. The zero-order valence-electron chi connectivity index (χ0n) is 58.6. The van der Waals surface area contributed by atoms with Gasteiger partial charge in [-0.05, 0) is 165 Å². The van der Waals surface area contributed by atoms with Crippen molar-refractivity contribution in [1.29, 1.82) is 0 Å². The lowest BCUT2D eigenvalue weighted by molar-refractivity contribution is 0.668. The first-order valence-corrected chi connectivity index (χ1v) is 36.8. The summed E-state index contributed by atoms with van der Waals surface area (Å²) in [5.41, 5.74) is 23.3. The van der Waals surface area contributed by atoms with Crippen molar-refractivity contribution in [2.75, 3.05) is 0 Å². The lowest BCUT2D eigenvalue weighted by Gasteiger charge is -2.24. The minimum atomic E-state index is 0.325. The molecule has 0 aliphatic heterocycles. The van der Waals surface area contributed by atoms with Crippen LogP contribution in [-0.4, -0.2) is 24.1 Å². The number of para-hydroxylation sites is 2. The third kappa shape index (κ3) is 9.38. The number of hydrogen-bond acceptors (Lipinski definition) is 7. The Bertz CT molecular complexity index is 7700.